The number of benzene rings is 1. The Labute approximate surface area is 118 Å². The van der Waals surface area contributed by atoms with E-state index in [0.29, 0.717) is 6.54 Å². The molecular weight excluding hydrogens is 254 g/mol. The zero-order valence-corrected chi connectivity index (χ0v) is 11.5. The fraction of sp³-hybridized carbons (Fsp3) is 0.400. The Bertz CT molecular complexity index is 617. The largest absolute Gasteiger partial charge is 0.398 e. The van der Waals surface area contributed by atoms with Crippen LogP contribution in [0.15, 0.2) is 30.6 Å². The summed E-state index contributed by atoms with van der Waals surface area (Å²) < 4.78 is 5.69. The number of nitrogens with two attached hydrogens (primary N) is 1. The number of hydrogen-bond donors (Lipinski definition) is 2. The first kappa shape index (κ1) is 13.1. The van der Waals surface area contributed by atoms with Crippen molar-refractivity contribution < 1.29 is 9.84 Å². The van der Waals surface area contributed by atoms with E-state index < -0.39 is 0 Å². The molecule has 0 saturated carbocycles. The van der Waals surface area contributed by atoms with E-state index in [1.807, 2.05) is 31.3 Å². The first-order valence-electron chi connectivity index (χ1n) is 6.82. The number of hydrogen-bond acceptors (Lipinski definition) is 5. The molecule has 0 radical (unpaired) electrons. The zero-order chi connectivity index (χ0) is 14.1. The highest BCUT2D eigenvalue weighted by molar-refractivity contribution is 6.00. The van der Waals surface area contributed by atoms with Crippen LogP contribution in [-0.4, -0.2) is 42.0 Å². The Balaban J connectivity index is 2.03. The second-order valence-corrected chi connectivity index (χ2v) is 5.25. The topological polar surface area (TPSA) is 71.6 Å². The number of morpholine rings is 1. The number of aliphatic hydroxyl groups is 1. The van der Waals surface area contributed by atoms with Crippen molar-refractivity contribution in [2.45, 2.75) is 19.1 Å². The highest BCUT2D eigenvalue weighted by atomic mass is 16.5. The molecule has 2 atom stereocenters. The van der Waals surface area contributed by atoms with Crippen LogP contribution in [0.3, 0.4) is 0 Å². The number of anilines is 2. The van der Waals surface area contributed by atoms with Gasteiger partial charge in [-0.15, -0.1) is 0 Å². The van der Waals surface area contributed by atoms with Gasteiger partial charge in [-0.05, 0) is 25.1 Å². The molecule has 106 valence electrons. The summed E-state index contributed by atoms with van der Waals surface area (Å²) >= 11 is 0. The molecule has 0 spiro atoms. The molecule has 1 aliphatic rings. The molecular formula is C15H19N3O2. The molecule has 1 aromatic heterocycles. The third-order valence-electron chi connectivity index (χ3n) is 3.70. The minimum absolute atomic E-state index is 0.0337. The molecule has 20 heavy (non-hydrogen) atoms. The Morgan fingerprint density at radius 2 is 2.20 bits per heavy atom. The van der Waals surface area contributed by atoms with E-state index in [1.54, 1.807) is 6.20 Å². The van der Waals surface area contributed by atoms with Crippen LogP contribution < -0.4 is 10.6 Å². The van der Waals surface area contributed by atoms with Crippen LogP contribution in [0, 0.1) is 0 Å². The average molecular weight is 273 g/mol. The summed E-state index contributed by atoms with van der Waals surface area (Å²) in [6, 6.07) is 5.87. The molecule has 1 aliphatic heterocycles. The molecule has 3 N–H and O–H groups in total. The van der Waals surface area contributed by atoms with Crippen molar-refractivity contribution in [1.29, 1.82) is 0 Å². The van der Waals surface area contributed by atoms with Crippen LogP contribution >= 0.6 is 0 Å². The highest BCUT2D eigenvalue weighted by Gasteiger charge is 2.26. The maximum Gasteiger partial charge on any atom is 0.0984 e. The standard InChI is InChI=1S/C15H19N3O2/c1-10-7-18(8-11(9-19)20-10)15-3-2-14(16)12-4-5-17-6-13(12)15/h2-6,10-11,19H,7-9,16H2,1H3. The average Bonchev–Trinajstić information content (AvgIpc) is 2.47. The Hall–Kier alpha value is -1.85. The lowest BCUT2D eigenvalue weighted by Crippen LogP contribution is -2.48. The number of aromatic nitrogens is 1. The molecule has 2 unspecified atom stereocenters. The van der Waals surface area contributed by atoms with E-state index in [0.717, 1.165) is 28.7 Å². The van der Waals surface area contributed by atoms with Gasteiger partial charge >= 0.3 is 0 Å². The second-order valence-electron chi connectivity index (χ2n) is 5.25. The fourth-order valence-corrected chi connectivity index (χ4v) is 2.82. The van der Waals surface area contributed by atoms with E-state index in [1.165, 1.54) is 0 Å². The molecule has 0 aliphatic carbocycles. The van der Waals surface area contributed by atoms with Gasteiger partial charge in [0.1, 0.15) is 0 Å². The van der Waals surface area contributed by atoms with Gasteiger partial charge < -0.3 is 20.5 Å². The summed E-state index contributed by atoms with van der Waals surface area (Å²) in [5.74, 6) is 0. The molecule has 1 fully saturated rings. The number of pyridine rings is 1. The van der Waals surface area contributed by atoms with Crippen molar-refractivity contribution in [1.82, 2.24) is 4.98 Å². The van der Waals surface area contributed by atoms with Gasteiger partial charge in [0.15, 0.2) is 0 Å². The van der Waals surface area contributed by atoms with Gasteiger partial charge in [-0.2, -0.15) is 0 Å². The van der Waals surface area contributed by atoms with Crippen LogP contribution in [0.1, 0.15) is 6.92 Å². The van der Waals surface area contributed by atoms with E-state index in [9.17, 15) is 5.11 Å². The summed E-state index contributed by atoms with van der Waals surface area (Å²) in [6.45, 7) is 3.53. The molecule has 2 heterocycles. The molecule has 2 aromatic rings. The zero-order valence-electron chi connectivity index (χ0n) is 11.5. The predicted molar refractivity (Wildman–Crippen MR) is 79.8 cm³/mol. The fourth-order valence-electron chi connectivity index (χ4n) is 2.82. The number of fused-ring (bicyclic) bond motifs is 1. The van der Waals surface area contributed by atoms with Crippen LogP contribution in [0.4, 0.5) is 11.4 Å². The number of ether oxygens (including phenoxy) is 1. The van der Waals surface area contributed by atoms with Crippen molar-refractivity contribution in [2.24, 2.45) is 0 Å². The van der Waals surface area contributed by atoms with E-state index in [4.69, 9.17) is 10.5 Å². The second kappa shape index (κ2) is 5.26. The minimum atomic E-state index is -0.150. The summed E-state index contributed by atoms with van der Waals surface area (Å²) in [5, 5.41) is 11.4. The monoisotopic (exact) mass is 273 g/mol. The van der Waals surface area contributed by atoms with Gasteiger partial charge in [0.25, 0.3) is 0 Å². The van der Waals surface area contributed by atoms with Crippen molar-refractivity contribution >= 4 is 22.1 Å². The van der Waals surface area contributed by atoms with Gasteiger partial charge in [0, 0.05) is 47.6 Å². The Morgan fingerprint density at radius 1 is 1.35 bits per heavy atom. The molecule has 3 rings (SSSR count). The Kier molecular flexibility index (Phi) is 3.46. The predicted octanol–water partition coefficient (Wildman–Crippen LogP) is 1.40. The van der Waals surface area contributed by atoms with Crippen molar-refractivity contribution in [2.75, 3.05) is 30.3 Å². The van der Waals surface area contributed by atoms with Gasteiger partial charge in [-0.3, -0.25) is 4.98 Å². The molecule has 1 aromatic carbocycles. The van der Waals surface area contributed by atoms with Crippen molar-refractivity contribution in [3.05, 3.63) is 30.6 Å². The summed E-state index contributed by atoms with van der Waals surface area (Å²) in [7, 11) is 0. The van der Waals surface area contributed by atoms with Crippen molar-refractivity contribution in [3.8, 4) is 0 Å². The SMILES string of the molecule is CC1CN(c2ccc(N)c3ccncc23)CC(CO)O1. The smallest absolute Gasteiger partial charge is 0.0984 e. The van der Waals surface area contributed by atoms with Crippen LogP contribution in [0.2, 0.25) is 0 Å². The maximum atomic E-state index is 9.35. The van der Waals surface area contributed by atoms with Gasteiger partial charge in [-0.1, -0.05) is 0 Å². The highest BCUT2D eigenvalue weighted by Crippen LogP contribution is 2.31. The molecule has 5 heteroatoms. The van der Waals surface area contributed by atoms with E-state index >= 15 is 0 Å². The van der Waals surface area contributed by atoms with Crippen LogP contribution in [-0.2, 0) is 4.74 Å². The van der Waals surface area contributed by atoms with Crippen LogP contribution in [0.25, 0.3) is 10.8 Å². The lowest BCUT2D eigenvalue weighted by molar-refractivity contribution is -0.0420. The van der Waals surface area contributed by atoms with Gasteiger partial charge in [0.05, 0.1) is 18.8 Å². The van der Waals surface area contributed by atoms with Crippen molar-refractivity contribution in [3.63, 3.8) is 0 Å². The number of rotatable bonds is 2. The summed E-state index contributed by atoms with van der Waals surface area (Å²) in [5.41, 5.74) is 7.87. The molecule has 1 saturated heterocycles. The van der Waals surface area contributed by atoms with Gasteiger partial charge in [0.2, 0.25) is 0 Å². The van der Waals surface area contributed by atoms with Crippen LogP contribution in [0.5, 0.6) is 0 Å². The third-order valence-corrected chi connectivity index (χ3v) is 3.70. The summed E-state index contributed by atoms with van der Waals surface area (Å²) in [6.07, 6.45) is 3.53. The third kappa shape index (κ3) is 2.30. The molecule has 0 amide bonds. The van der Waals surface area contributed by atoms with Gasteiger partial charge in [-0.25, -0.2) is 0 Å². The van der Waals surface area contributed by atoms with E-state index in [-0.39, 0.29) is 18.8 Å². The molecule has 0 bridgehead atoms. The number of nitrogens with zero attached hydrogens (tertiary/aromatic N) is 2. The molecule has 5 nitrogen and oxygen atoms in total. The Morgan fingerprint density at radius 3 is 3.00 bits per heavy atom. The number of aliphatic hydroxyl groups excluding tert-OH is 1. The number of nitrogen functional groups attached to an aromatic ring is 1. The normalized spacial score (nSPS) is 23.2. The lowest BCUT2D eigenvalue weighted by Gasteiger charge is -2.38. The summed E-state index contributed by atoms with van der Waals surface area (Å²) in [4.78, 5) is 6.44. The van der Waals surface area contributed by atoms with E-state index in [2.05, 4.69) is 9.88 Å². The maximum absolute atomic E-state index is 9.35. The first-order valence-corrected chi connectivity index (χ1v) is 6.82. The first-order chi connectivity index (χ1) is 9.69. The lowest BCUT2D eigenvalue weighted by atomic mass is 10.1. The minimum Gasteiger partial charge on any atom is -0.398 e. The quantitative estimate of drug-likeness (QED) is 0.809.